The maximum Gasteiger partial charge on any atom is 0.123 e. The largest absolute Gasteiger partial charge is 0.392 e. The van der Waals surface area contributed by atoms with Crippen LogP contribution in [0.15, 0.2) is 18.2 Å². The van der Waals surface area contributed by atoms with Crippen molar-refractivity contribution >= 4 is 0 Å². The number of aliphatic hydroxyl groups excluding tert-OH is 1. The SMILES string of the molecule is CCCCC1CCC(C(O)Cc2ccc(F)cc2C)CC1. The number of benzene rings is 1. The Hall–Kier alpha value is -0.890. The molecule has 1 aromatic rings. The van der Waals surface area contributed by atoms with Gasteiger partial charge < -0.3 is 5.11 Å². The van der Waals surface area contributed by atoms with E-state index in [0.717, 1.165) is 29.9 Å². The Labute approximate surface area is 128 Å². The van der Waals surface area contributed by atoms with E-state index in [-0.39, 0.29) is 11.9 Å². The van der Waals surface area contributed by atoms with Crippen LogP contribution in [0.1, 0.15) is 63.0 Å². The molecule has 2 rings (SSSR count). The fraction of sp³-hybridized carbons (Fsp3) is 0.684. The van der Waals surface area contributed by atoms with Crippen LogP contribution in [0.4, 0.5) is 4.39 Å². The van der Waals surface area contributed by atoms with Gasteiger partial charge in [-0.3, -0.25) is 0 Å². The van der Waals surface area contributed by atoms with Gasteiger partial charge in [-0.1, -0.05) is 45.1 Å². The van der Waals surface area contributed by atoms with Crippen LogP contribution < -0.4 is 0 Å². The lowest BCUT2D eigenvalue weighted by molar-refractivity contribution is 0.0725. The second-order valence-corrected chi connectivity index (χ2v) is 6.77. The molecule has 1 atom stereocenters. The molecular formula is C19H29FO. The van der Waals surface area contributed by atoms with Gasteiger partial charge in [0.15, 0.2) is 0 Å². The summed E-state index contributed by atoms with van der Waals surface area (Å²) >= 11 is 0. The summed E-state index contributed by atoms with van der Waals surface area (Å²) in [5.74, 6) is 1.11. The molecular weight excluding hydrogens is 263 g/mol. The summed E-state index contributed by atoms with van der Waals surface area (Å²) in [6.45, 7) is 4.17. The maximum atomic E-state index is 13.1. The molecule has 1 aliphatic rings. The third kappa shape index (κ3) is 4.81. The summed E-state index contributed by atoms with van der Waals surface area (Å²) in [6.07, 6.45) is 9.20. The first-order chi connectivity index (χ1) is 10.1. The average molecular weight is 292 g/mol. The van der Waals surface area contributed by atoms with Crippen molar-refractivity contribution in [2.45, 2.75) is 71.3 Å². The molecule has 0 bridgehead atoms. The van der Waals surface area contributed by atoms with Crippen molar-refractivity contribution in [2.75, 3.05) is 0 Å². The Bertz CT molecular complexity index is 435. The molecule has 0 amide bonds. The van der Waals surface area contributed by atoms with E-state index in [0.29, 0.717) is 12.3 Å². The number of aryl methyl sites for hydroxylation is 1. The summed E-state index contributed by atoms with van der Waals surface area (Å²) in [6, 6.07) is 4.88. The number of hydrogen-bond donors (Lipinski definition) is 1. The van der Waals surface area contributed by atoms with Gasteiger partial charge in [0, 0.05) is 0 Å². The molecule has 0 aliphatic heterocycles. The van der Waals surface area contributed by atoms with Gasteiger partial charge in [-0.05, 0) is 61.3 Å². The van der Waals surface area contributed by atoms with Crippen LogP contribution in [0.2, 0.25) is 0 Å². The molecule has 1 aliphatic carbocycles. The molecule has 2 heteroatoms. The fourth-order valence-electron chi connectivity index (χ4n) is 3.63. The zero-order valence-electron chi connectivity index (χ0n) is 13.4. The first-order valence-corrected chi connectivity index (χ1v) is 8.53. The minimum atomic E-state index is -0.277. The van der Waals surface area contributed by atoms with E-state index in [2.05, 4.69) is 6.92 Å². The predicted molar refractivity (Wildman–Crippen MR) is 85.8 cm³/mol. The van der Waals surface area contributed by atoms with E-state index in [9.17, 15) is 9.50 Å². The fourth-order valence-corrected chi connectivity index (χ4v) is 3.63. The van der Waals surface area contributed by atoms with Crippen molar-refractivity contribution in [1.29, 1.82) is 0 Å². The lowest BCUT2D eigenvalue weighted by Crippen LogP contribution is -2.27. The van der Waals surface area contributed by atoms with Crippen LogP contribution in [0.3, 0.4) is 0 Å². The molecule has 0 saturated heterocycles. The number of aliphatic hydroxyl groups is 1. The van der Waals surface area contributed by atoms with E-state index >= 15 is 0 Å². The molecule has 1 N–H and O–H groups in total. The average Bonchev–Trinajstić information content (AvgIpc) is 2.48. The monoisotopic (exact) mass is 292 g/mol. The minimum absolute atomic E-state index is 0.192. The van der Waals surface area contributed by atoms with Gasteiger partial charge in [0.1, 0.15) is 5.82 Å². The van der Waals surface area contributed by atoms with E-state index < -0.39 is 0 Å². The minimum Gasteiger partial charge on any atom is -0.392 e. The van der Waals surface area contributed by atoms with E-state index in [1.165, 1.54) is 38.2 Å². The highest BCUT2D eigenvalue weighted by molar-refractivity contribution is 5.27. The standard InChI is InChI=1S/C19H29FO/c1-3-4-5-15-6-8-16(9-7-15)19(21)13-17-10-11-18(20)12-14(17)2/h10-12,15-16,19,21H,3-9,13H2,1-2H3. The molecule has 21 heavy (non-hydrogen) atoms. The second-order valence-electron chi connectivity index (χ2n) is 6.77. The molecule has 118 valence electrons. The maximum absolute atomic E-state index is 13.1. The lowest BCUT2D eigenvalue weighted by Gasteiger charge is -2.31. The van der Waals surface area contributed by atoms with E-state index in [1.807, 2.05) is 13.0 Å². The van der Waals surface area contributed by atoms with Gasteiger partial charge in [0.25, 0.3) is 0 Å². The highest BCUT2D eigenvalue weighted by Gasteiger charge is 2.26. The lowest BCUT2D eigenvalue weighted by atomic mass is 9.76. The first kappa shape index (κ1) is 16.5. The number of rotatable bonds is 6. The molecule has 0 spiro atoms. The van der Waals surface area contributed by atoms with Crippen molar-refractivity contribution in [3.8, 4) is 0 Å². The zero-order valence-corrected chi connectivity index (χ0v) is 13.4. The van der Waals surface area contributed by atoms with Crippen LogP contribution in [-0.4, -0.2) is 11.2 Å². The summed E-state index contributed by atoms with van der Waals surface area (Å²) in [4.78, 5) is 0. The summed E-state index contributed by atoms with van der Waals surface area (Å²) in [5.41, 5.74) is 2.03. The highest BCUT2D eigenvalue weighted by atomic mass is 19.1. The van der Waals surface area contributed by atoms with E-state index in [1.54, 1.807) is 6.07 Å². The van der Waals surface area contributed by atoms with Crippen molar-refractivity contribution < 1.29 is 9.50 Å². The molecule has 1 fully saturated rings. The molecule has 1 unspecified atom stereocenters. The quantitative estimate of drug-likeness (QED) is 0.779. The van der Waals surface area contributed by atoms with Gasteiger partial charge in [-0.15, -0.1) is 0 Å². The zero-order chi connectivity index (χ0) is 15.2. The van der Waals surface area contributed by atoms with Gasteiger partial charge in [-0.25, -0.2) is 4.39 Å². The van der Waals surface area contributed by atoms with Crippen molar-refractivity contribution in [3.05, 3.63) is 35.1 Å². The van der Waals surface area contributed by atoms with Crippen LogP contribution >= 0.6 is 0 Å². The van der Waals surface area contributed by atoms with Crippen LogP contribution in [0.25, 0.3) is 0 Å². The summed E-state index contributed by atoms with van der Waals surface area (Å²) < 4.78 is 13.1. The molecule has 1 aromatic carbocycles. The van der Waals surface area contributed by atoms with Crippen LogP contribution in [0, 0.1) is 24.6 Å². The predicted octanol–water partition coefficient (Wildman–Crippen LogP) is 5.03. The van der Waals surface area contributed by atoms with Gasteiger partial charge >= 0.3 is 0 Å². The van der Waals surface area contributed by atoms with Gasteiger partial charge in [0.05, 0.1) is 6.10 Å². The third-order valence-corrected chi connectivity index (χ3v) is 5.14. The Balaban J connectivity index is 1.83. The number of halogens is 1. The normalized spacial score (nSPS) is 24.0. The van der Waals surface area contributed by atoms with Gasteiger partial charge in [0.2, 0.25) is 0 Å². The Morgan fingerprint density at radius 1 is 1.24 bits per heavy atom. The van der Waals surface area contributed by atoms with Crippen molar-refractivity contribution in [1.82, 2.24) is 0 Å². The number of unbranched alkanes of at least 4 members (excludes halogenated alkanes) is 1. The second kappa shape index (κ2) is 7.93. The molecule has 0 radical (unpaired) electrons. The van der Waals surface area contributed by atoms with E-state index in [4.69, 9.17) is 0 Å². The Morgan fingerprint density at radius 3 is 2.57 bits per heavy atom. The molecule has 1 saturated carbocycles. The molecule has 0 heterocycles. The topological polar surface area (TPSA) is 20.2 Å². The molecule has 1 nitrogen and oxygen atoms in total. The van der Waals surface area contributed by atoms with Crippen molar-refractivity contribution in [3.63, 3.8) is 0 Å². The molecule has 0 aromatic heterocycles. The number of hydrogen-bond acceptors (Lipinski definition) is 1. The van der Waals surface area contributed by atoms with Crippen LogP contribution in [-0.2, 0) is 6.42 Å². The van der Waals surface area contributed by atoms with Crippen LogP contribution in [0.5, 0.6) is 0 Å². The first-order valence-electron chi connectivity index (χ1n) is 8.53. The third-order valence-electron chi connectivity index (χ3n) is 5.14. The Morgan fingerprint density at radius 2 is 1.95 bits per heavy atom. The highest BCUT2D eigenvalue weighted by Crippen LogP contribution is 2.34. The summed E-state index contributed by atoms with van der Waals surface area (Å²) in [7, 11) is 0. The smallest absolute Gasteiger partial charge is 0.123 e. The summed E-state index contributed by atoms with van der Waals surface area (Å²) in [5, 5.41) is 10.5. The Kier molecular flexibility index (Phi) is 6.22. The van der Waals surface area contributed by atoms with Crippen molar-refractivity contribution in [2.24, 2.45) is 11.8 Å². The van der Waals surface area contributed by atoms with Gasteiger partial charge in [-0.2, -0.15) is 0 Å².